The zero-order valence-corrected chi connectivity index (χ0v) is 12.5. The minimum absolute atomic E-state index is 0.114. The van der Waals surface area contributed by atoms with E-state index in [-0.39, 0.29) is 22.4 Å². The minimum Gasteiger partial charge on any atom is -0.391 e. The molecule has 0 fully saturated rings. The number of hydrogen-bond donors (Lipinski definition) is 2. The molecule has 0 amide bonds. The fraction of sp³-hybridized carbons (Fsp3) is 0.455. The summed E-state index contributed by atoms with van der Waals surface area (Å²) >= 11 is 5.61. The zero-order valence-electron chi connectivity index (χ0n) is 10.9. The van der Waals surface area contributed by atoms with E-state index >= 15 is 0 Å². The molecule has 0 saturated heterocycles. The quantitative estimate of drug-likeness (QED) is 0.610. The molecule has 2 N–H and O–H groups in total. The maximum Gasteiger partial charge on any atom is 0.289 e. The molecule has 1 atom stereocenters. The highest BCUT2D eigenvalue weighted by molar-refractivity contribution is 7.89. The molecule has 0 saturated carbocycles. The van der Waals surface area contributed by atoms with Crippen LogP contribution in [0.1, 0.15) is 13.8 Å². The molecule has 0 aliphatic rings. The van der Waals surface area contributed by atoms with Gasteiger partial charge in [0.2, 0.25) is 10.0 Å². The van der Waals surface area contributed by atoms with Gasteiger partial charge in [-0.1, -0.05) is 25.4 Å². The molecule has 1 aromatic carbocycles. The Morgan fingerprint density at radius 1 is 1.45 bits per heavy atom. The first-order valence-corrected chi connectivity index (χ1v) is 7.63. The van der Waals surface area contributed by atoms with Gasteiger partial charge in [0.1, 0.15) is 5.02 Å². The average Bonchev–Trinajstić information content (AvgIpc) is 2.35. The van der Waals surface area contributed by atoms with Gasteiger partial charge in [0.15, 0.2) is 0 Å². The van der Waals surface area contributed by atoms with E-state index in [4.69, 9.17) is 11.6 Å². The zero-order chi connectivity index (χ0) is 15.5. The number of aliphatic hydroxyl groups is 1. The predicted molar refractivity (Wildman–Crippen MR) is 74.1 cm³/mol. The first-order valence-electron chi connectivity index (χ1n) is 5.77. The molecule has 1 unspecified atom stereocenters. The van der Waals surface area contributed by atoms with Gasteiger partial charge in [-0.15, -0.1) is 0 Å². The SMILES string of the molecule is CC(C)C(O)CNS(=O)(=O)c1ccc(Cl)c([N+](=O)[O-])c1. The lowest BCUT2D eigenvalue weighted by Gasteiger charge is -2.15. The van der Waals surface area contributed by atoms with Crippen LogP contribution in [0.3, 0.4) is 0 Å². The van der Waals surface area contributed by atoms with E-state index in [9.17, 15) is 23.6 Å². The molecule has 0 radical (unpaired) electrons. The summed E-state index contributed by atoms with van der Waals surface area (Å²) < 4.78 is 26.1. The van der Waals surface area contributed by atoms with E-state index in [1.165, 1.54) is 6.07 Å². The normalized spacial score (nSPS) is 13.4. The van der Waals surface area contributed by atoms with Crippen molar-refractivity contribution in [1.82, 2.24) is 4.72 Å². The number of nitrogens with one attached hydrogen (secondary N) is 1. The summed E-state index contributed by atoms with van der Waals surface area (Å²) in [6.07, 6.45) is -0.841. The first-order chi connectivity index (χ1) is 9.15. The second kappa shape index (κ2) is 6.49. The number of benzene rings is 1. The van der Waals surface area contributed by atoms with Crippen LogP contribution < -0.4 is 4.72 Å². The summed E-state index contributed by atoms with van der Waals surface area (Å²) in [5, 5.41) is 20.1. The summed E-state index contributed by atoms with van der Waals surface area (Å²) in [6, 6.07) is 3.19. The Kier molecular flexibility index (Phi) is 5.46. The van der Waals surface area contributed by atoms with Crippen LogP contribution in [0.4, 0.5) is 5.69 Å². The predicted octanol–water partition coefficient (Wildman–Crippen LogP) is 1.54. The maximum atomic E-state index is 12.0. The monoisotopic (exact) mass is 322 g/mol. The molecular formula is C11H15ClN2O5S. The number of nitro benzene ring substituents is 1. The largest absolute Gasteiger partial charge is 0.391 e. The topological polar surface area (TPSA) is 110 Å². The Balaban J connectivity index is 2.99. The molecule has 0 aliphatic heterocycles. The smallest absolute Gasteiger partial charge is 0.289 e. The van der Waals surface area contributed by atoms with E-state index in [0.29, 0.717) is 0 Å². The van der Waals surface area contributed by atoms with Gasteiger partial charge < -0.3 is 5.11 Å². The van der Waals surface area contributed by atoms with Crippen molar-refractivity contribution >= 4 is 27.3 Å². The third kappa shape index (κ3) is 4.14. The maximum absolute atomic E-state index is 12.0. The minimum atomic E-state index is -3.93. The second-order valence-electron chi connectivity index (χ2n) is 4.53. The van der Waals surface area contributed by atoms with Crippen molar-refractivity contribution in [3.8, 4) is 0 Å². The van der Waals surface area contributed by atoms with Gasteiger partial charge in [0, 0.05) is 12.6 Å². The number of rotatable bonds is 6. The Labute approximate surface area is 121 Å². The van der Waals surface area contributed by atoms with Crippen molar-refractivity contribution in [2.45, 2.75) is 24.8 Å². The number of nitrogens with zero attached hydrogens (tertiary/aromatic N) is 1. The first kappa shape index (κ1) is 16.8. The van der Waals surface area contributed by atoms with Crippen LogP contribution >= 0.6 is 11.6 Å². The molecular weight excluding hydrogens is 308 g/mol. The van der Waals surface area contributed by atoms with E-state index < -0.39 is 26.7 Å². The van der Waals surface area contributed by atoms with Crippen molar-refractivity contribution < 1.29 is 18.4 Å². The van der Waals surface area contributed by atoms with Gasteiger partial charge >= 0.3 is 0 Å². The third-order valence-electron chi connectivity index (χ3n) is 2.68. The van der Waals surface area contributed by atoms with E-state index in [1.54, 1.807) is 13.8 Å². The Hall–Kier alpha value is -1.22. The van der Waals surface area contributed by atoms with Gasteiger partial charge in [-0.05, 0) is 18.1 Å². The third-order valence-corrected chi connectivity index (χ3v) is 4.42. The van der Waals surface area contributed by atoms with Crippen LogP contribution in [0.2, 0.25) is 5.02 Å². The molecule has 0 heterocycles. The van der Waals surface area contributed by atoms with Crippen LogP contribution in [0.5, 0.6) is 0 Å². The van der Waals surface area contributed by atoms with Crippen molar-refractivity contribution in [2.24, 2.45) is 5.92 Å². The van der Waals surface area contributed by atoms with Gasteiger partial charge in [0.25, 0.3) is 5.69 Å². The Morgan fingerprint density at radius 3 is 2.55 bits per heavy atom. The molecule has 7 nitrogen and oxygen atoms in total. The number of aliphatic hydroxyl groups excluding tert-OH is 1. The summed E-state index contributed by atoms with van der Waals surface area (Å²) in [6.45, 7) is 3.31. The van der Waals surface area contributed by atoms with Crippen LogP contribution in [-0.4, -0.2) is 31.1 Å². The van der Waals surface area contributed by atoms with Crippen molar-refractivity contribution in [2.75, 3.05) is 6.54 Å². The fourth-order valence-electron chi connectivity index (χ4n) is 1.31. The van der Waals surface area contributed by atoms with E-state index in [1.807, 2.05) is 0 Å². The molecule has 0 spiro atoms. The number of hydrogen-bond acceptors (Lipinski definition) is 5. The summed E-state index contributed by atoms with van der Waals surface area (Å²) in [4.78, 5) is 9.69. The van der Waals surface area contributed by atoms with E-state index in [2.05, 4.69) is 4.72 Å². The van der Waals surface area contributed by atoms with E-state index in [0.717, 1.165) is 12.1 Å². The number of halogens is 1. The van der Waals surface area contributed by atoms with Gasteiger partial charge in [-0.25, -0.2) is 13.1 Å². The van der Waals surface area contributed by atoms with Gasteiger partial charge in [-0.3, -0.25) is 10.1 Å². The molecule has 1 aromatic rings. The second-order valence-corrected chi connectivity index (χ2v) is 6.71. The van der Waals surface area contributed by atoms with Gasteiger partial charge in [0.05, 0.1) is 15.9 Å². The lowest BCUT2D eigenvalue weighted by molar-refractivity contribution is -0.384. The van der Waals surface area contributed by atoms with Crippen LogP contribution in [0, 0.1) is 16.0 Å². The lowest BCUT2D eigenvalue weighted by Crippen LogP contribution is -2.34. The molecule has 0 aliphatic carbocycles. The van der Waals surface area contributed by atoms with Gasteiger partial charge in [-0.2, -0.15) is 0 Å². The molecule has 112 valence electrons. The summed E-state index contributed by atoms with van der Waals surface area (Å²) in [5.74, 6) is -0.114. The molecule has 0 aromatic heterocycles. The standard InChI is InChI=1S/C11H15ClN2O5S/c1-7(2)11(15)6-13-20(18,19)8-3-4-9(12)10(5-8)14(16)17/h3-5,7,11,13,15H,6H2,1-2H3. The van der Waals surface area contributed by atoms with Crippen LogP contribution in [-0.2, 0) is 10.0 Å². The molecule has 1 rings (SSSR count). The molecule has 0 bridgehead atoms. The Morgan fingerprint density at radius 2 is 2.05 bits per heavy atom. The average molecular weight is 323 g/mol. The fourth-order valence-corrected chi connectivity index (χ4v) is 2.57. The lowest BCUT2D eigenvalue weighted by atomic mass is 10.1. The number of sulfonamides is 1. The summed E-state index contributed by atoms with van der Waals surface area (Å²) in [7, 11) is -3.93. The van der Waals surface area contributed by atoms with Crippen LogP contribution in [0.15, 0.2) is 23.1 Å². The van der Waals surface area contributed by atoms with Crippen molar-refractivity contribution in [1.29, 1.82) is 0 Å². The number of nitro groups is 1. The highest BCUT2D eigenvalue weighted by atomic mass is 35.5. The molecule has 9 heteroatoms. The molecule has 20 heavy (non-hydrogen) atoms. The van der Waals surface area contributed by atoms with Crippen LogP contribution in [0.25, 0.3) is 0 Å². The highest BCUT2D eigenvalue weighted by Crippen LogP contribution is 2.26. The highest BCUT2D eigenvalue weighted by Gasteiger charge is 2.21. The van der Waals surface area contributed by atoms with Crippen molar-refractivity contribution in [3.05, 3.63) is 33.3 Å². The Bertz CT molecular complexity index is 603. The summed E-state index contributed by atoms with van der Waals surface area (Å²) in [5.41, 5.74) is -0.487. The van der Waals surface area contributed by atoms with Crippen molar-refractivity contribution in [3.63, 3.8) is 0 Å².